The molecule has 1 unspecified atom stereocenters. The van der Waals surface area contributed by atoms with Crippen molar-refractivity contribution in [3.05, 3.63) is 65.5 Å². The largest absolute Gasteiger partial charge is 0.461 e. The molecule has 1 amide bonds. The molecule has 0 spiro atoms. The van der Waals surface area contributed by atoms with Crippen molar-refractivity contribution in [2.75, 3.05) is 12.9 Å². The SMILES string of the molecule is CCCC(NC(=O)COC(=O)c1c(C)nc(-c2ccco2)nc1SC)c1ccccc1. The van der Waals surface area contributed by atoms with E-state index >= 15 is 0 Å². The standard InChI is InChI=1S/C23H25N3O4S/c1-4-9-17(16-10-6-5-7-11-16)25-19(27)14-30-23(28)20-15(2)24-21(26-22(20)31-3)18-12-8-13-29-18/h5-8,10-13,17H,4,9,14H2,1-3H3,(H,25,27). The van der Waals surface area contributed by atoms with Crippen LogP contribution in [0.1, 0.15) is 47.4 Å². The Morgan fingerprint density at radius 1 is 1.16 bits per heavy atom. The quantitative estimate of drug-likeness (QED) is 0.296. The number of rotatable bonds is 9. The second-order valence-electron chi connectivity index (χ2n) is 6.89. The molecule has 3 rings (SSSR count). The van der Waals surface area contributed by atoms with E-state index in [2.05, 4.69) is 22.2 Å². The van der Waals surface area contributed by atoms with Crippen LogP contribution in [0.4, 0.5) is 0 Å². The molecule has 2 aromatic heterocycles. The van der Waals surface area contributed by atoms with E-state index in [1.807, 2.05) is 36.6 Å². The van der Waals surface area contributed by atoms with Crippen molar-refractivity contribution < 1.29 is 18.7 Å². The van der Waals surface area contributed by atoms with Crippen LogP contribution in [0.25, 0.3) is 11.6 Å². The number of benzene rings is 1. The van der Waals surface area contributed by atoms with Gasteiger partial charge in [-0.05, 0) is 37.3 Å². The first-order valence-electron chi connectivity index (χ1n) is 10.0. The molecule has 162 valence electrons. The molecule has 1 N–H and O–H groups in total. The first-order chi connectivity index (χ1) is 15.0. The minimum absolute atomic E-state index is 0.128. The van der Waals surface area contributed by atoms with Gasteiger partial charge in [0.05, 0.1) is 18.0 Å². The van der Waals surface area contributed by atoms with Crippen LogP contribution in [0, 0.1) is 6.92 Å². The summed E-state index contributed by atoms with van der Waals surface area (Å²) in [5, 5.41) is 3.42. The number of hydrogen-bond donors (Lipinski definition) is 1. The fraction of sp³-hybridized carbons (Fsp3) is 0.304. The third kappa shape index (κ3) is 5.73. The van der Waals surface area contributed by atoms with Gasteiger partial charge in [0.25, 0.3) is 5.91 Å². The van der Waals surface area contributed by atoms with Crippen molar-refractivity contribution >= 4 is 23.6 Å². The number of carbonyl (C=O) groups excluding carboxylic acids is 2. The average molecular weight is 440 g/mol. The number of furan rings is 1. The van der Waals surface area contributed by atoms with Crippen LogP contribution in [-0.2, 0) is 9.53 Å². The molecule has 0 saturated heterocycles. The summed E-state index contributed by atoms with van der Waals surface area (Å²) < 4.78 is 10.6. The number of aryl methyl sites for hydroxylation is 1. The maximum absolute atomic E-state index is 12.7. The number of nitrogens with one attached hydrogen (secondary N) is 1. The summed E-state index contributed by atoms with van der Waals surface area (Å²) in [5.74, 6) is -0.0751. The van der Waals surface area contributed by atoms with Gasteiger partial charge in [-0.2, -0.15) is 0 Å². The average Bonchev–Trinajstić information content (AvgIpc) is 3.32. The van der Waals surface area contributed by atoms with Crippen molar-refractivity contribution in [2.45, 2.75) is 37.8 Å². The van der Waals surface area contributed by atoms with Crippen molar-refractivity contribution in [3.8, 4) is 11.6 Å². The molecular formula is C23H25N3O4S. The Kier molecular flexibility index (Phi) is 7.83. The Morgan fingerprint density at radius 2 is 1.94 bits per heavy atom. The summed E-state index contributed by atoms with van der Waals surface area (Å²) in [6, 6.07) is 13.1. The molecule has 0 aliphatic heterocycles. The zero-order chi connectivity index (χ0) is 22.2. The molecule has 0 aliphatic rings. The Balaban J connectivity index is 1.68. The molecule has 1 atom stereocenters. The van der Waals surface area contributed by atoms with Gasteiger partial charge in [0.15, 0.2) is 18.2 Å². The molecule has 31 heavy (non-hydrogen) atoms. The van der Waals surface area contributed by atoms with Crippen LogP contribution in [0.3, 0.4) is 0 Å². The number of esters is 1. The van der Waals surface area contributed by atoms with Crippen LogP contribution in [-0.4, -0.2) is 34.7 Å². The van der Waals surface area contributed by atoms with Crippen molar-refractivity contribution in [3.63, 3.8) is 0 Å². The molecule has 2 heterocycles. The summed E-state index contributed by atoms with van der Waals surface area (Å²) in [6.45, 7) is 3.39. The maximum Gasteiger partial charge on any atom is 0.343 e. The first kappa shape index (κ1) is 22.6. The van der Waals surface area contributed by atoms with Gasteiger partial charge < -0.3 is 14.5 Å². The molecular weight excluding hydrogens is 414 g/mol. The summed E-state index contributed by atoms with van der Waals surface area (Å²) in [7, 11) is 0. The second-order valence-corrected chi connectivity index (χ2v) is 7.68. The zero-order valence-electron chi connectivity index (χ0n) is 17.8. The topological polar surface area (TPSA) is 94.3 Å². The Hall–Kier alpha value is -3.13. The van der Waals surface area contributed by atoms with Crippen LogP contribution in [0.2, 0.25) is 0 Å². The monoisotopic (exact) mass is 439 g/mol. The molecule has 0 bridgehead atoms. The zero-order valence-corrected chi connectivity index (χ0v) is 18.6. The third-order valence-electron chi connectivity index (χ3n) is 4.64. The Labute approximate surface area is 185 Å². The molecule has 8 heteroatoms. The van der Waals surface area contributed by atoms with E-state index in [1.165, 1.54) is 18.0 Å². The van der Waals surface area contributed by atoms with E-state index in [0.29, 0.717) is 22.3 Å². The van der Waals surface area contributed by atoms with Gasteiger partial charge in [0.1, 0.15) is 10.6 Å². The number of nitrogens with zero attached hydrogens (tertiary/aromatic N) is 2. The second kappa shape index (κ2) is 10.8. The van der Waals surface area contributed by atoms with Gasteiger partial charge in [-0.1, -0.05) is 43.7 Å². The molecule has 1 aromatic carbocycles. The number of thioether (sulfide) groups is 1. The maximum atomic E-state index is 12.7. The lowest BCUT2D eigenvalue weighted by Crippen LogP contribution is -2.32. The van der Waals surface area contributed by atoms with E-state index < -0.39 is 5.97 Å². The van der Waals surface area contributed by atoms with Gasteiger partial charge in [-0.25, -0.2) is 14.8 Å². The van der Waals surface area contributed by atoms with E-state index in [1.54, 1.807) is 19.1 Å². The van der Waals surface area contributed by atoms with Gasteiger partial charge in [-0.3, -0.25) is 4.79 Å². The Bertz CT molecular complexity index is 1020. The smallest absolute Gasteiger partial charge is 0.343 e. The van der Waals surface area contributed by atoms with Gasteiger partial charge in [-0.15, -0.1) is 11.8 Å². The van der Waals surface area contributed by atoms with E-state index in [4.69, 9.17) is 9.15 Å². The summed E-state index contributed by atoms with van der Waals surface area (Å²) in [4.78, 5) is 33.9. The Morgan fingerprint density at radius 3 is 2.58 bits per heavy atom. The van der Waals surface area contributed by atoms with Crippen LogP contribution >= 0.6 is 11.8 Å². The minimum Gasteiger partial charge on any atom is -0.461 e. The first-order valence-corrected chi connectivity index (χ1v) is 11.2. The normalized spacial score (nSPS) is 11.7. The predicted octanol–water partition coefficient (Wildman–Crippen LogP) is 4.58. The summed E-state index contributed by atoms with van der Waals surface area (Å²) >= 11 is 1.30. The molecule has 3 aromatic rings. The van der Waals surface area contributed by atoms with Crippen LogP contribution in [0.15, 0.2) is 58.2 Å². The van der Waals surface area contributed by atoms with Crippen molar-refractivity contribution in [2.24, 2.45) is 0 Å². The molecule has 0 aliphatic carbocycles. The number of carbonyl (C=O) groups is 2. The highest BCUT2D eigenvalue weighted by Gasteiger charge is 2.22. The highest BCUT2D eigenvalue weighted by Crippen LogP contribution is 2.25. The van der Waals surface area contributed by atoms with Crippen molar-refractivity contribution in [1.82, 2.24) is 15.3 Å². The van der Waals surface area contributed by atoms with Crippen LogP contribution in [0.5, 0.6) is 0 Å². The van der Waals surface area contributed by atoms with E-state index in [9.17, 15) is 9.59 Å². The van der Waals surface area contributed by atoms with Gasteiger partial charge in [0, 0.05) is 0 Å². The number of amides is 1. The number of aromatic nitrogens is 2. The fourth-order valence-electron chi connectivity index (χ4n) is 3.18. The van der Waals surface area contributed by atoms with E-state index in [0.717, 1.165) is 18.4 Å². The lowest BCUT2D eigenvalue weighted by molar-refractivity contribution is -0.125. The van der Waals surface area contributed by atoms with Crippen LogP contribution < -0.4 is 5.32 Å². The van der Waals surface area contributed by atoms with Gasteiger partial charge >= 0.3 is 5.97 Å². The molecule has 0 radical (unpaired) electrons. The van der Waals surface area contributed by atoms with Crippen molar-refractivity contribution in [1.29, 1.82) is 0 Å². The lowest BCUT2D eigenvalue weighted by atomic mass is 10.0. The lowest BCUT2D eigenvalue weighted by Gasteiger charge is -2.18. The predicted molar refractivity (Wildman–Crippen MR) is 119 cm³/mol. The highest BCUT2D eigenvalue weighted by molar-refractivity contribution is 7.98. The summed E-state index contributed by atoms with van der Waals surface area (Å²) in [6.07, 6.45) is 5.05. The number of ether oxygens (including phenoxy) is 1. The molecule has 0 fully saturated rings. The fourth-order valence-corrected chi connectivity index (χ4v) is 3.79. The highest BCUT2D eigenvalue weighted by atomic mass is 32.2. The third-order valence-corrected chi connectivity index (χ3v) is 5.33. The van der Waals surface area contributed by atoms with E-state index in [-0.39, 0.29) is 24.1 Å². The van der Waals surface area contributed by atoms with Gasteiger partial charge in [0.2, 0.25) is 0 Å². The molecule has 0 saturated carbocycles. The molecule has 7 nitrogen and oxygen atoms in total. The number of hydrogen-bond acceptors (Lipinski definition) is 7. The summed E-state index contributed by atoms with van der Waals surface area (Å²) in [5.41, 5.74) is 1.74. The minimum atomic E-state index is -0.630.